The van der Waals surface area contributed by atoms with E-state index in [2.05, 4.69) is 6.92 Å². The number of piperidine rings is 1. The Kier molecular flexibility index (Phi) is 5.40. The van der Waals surface area contributed by atoms with Crippen LogP contribution in [0.4, 0.5) is 0 Å². The lowest BCUT2D eigenvalue weighted by Crippen LogP contribution is -2.44. The molecular formula is C15H25NO4. The summed E-state index contributed by atoms with van der Waals surface area (Å²) in [6.45, 7) is 3.31. The minimum Gasteiger partial charge on any atom is -0.481 e. The highest BCUT2D eigenvalue weighted by Gasteiger charge is 2.28. The molecule has 2 fully saturated rings. The Morgan fingerprint density at radius 2 is 2.05 bits per heavy atom. The monoisotopic (exact) mass is 283 g/mol. The van der Waals surface area contributed by atoms with Crippen molar-refractivity contribution in [3.63, 3.8) is 0 Å². The van der Waals surface area contributed by atoms with Crippen LogP contribution in [0, 0.1) is 11.8 Å². The van der Waals surface area contributed by atoms with E-state index in [1.807, 2.05) is 0 Å². The zero-order valence-electron chi connectivity index (χ0n) is 12.2. The standard InChI is InChI=1S/C15H25NO4/c1-11-4-2-6-13(8-11)20-10-14(17)16-7-3-5-12(9-16)15(18)19/h11-13H,2-10H2,1H3,(H,18,19). The fourth-order valence-corrected chi connectivity index (χ4v) is 3.22. The fraction of sp³-hybridized carbons (Fsp3) is 0.867. The van der Waals surface area contributed by atoms with Gasteiger partial charge in [0.15, 0.2) is 0 Å². The van der Waals surface area contributed by atoms with Crippen molar-refractivity contribution in [3.8, 4) is 0 Å². The maximum Gasteiger partial charge on any atom is 0.308 e. The smallest absolute Gasteiger partial charge is 0.308 e. The molecule has 1 amide bonds. The number of ether oxygens (including phenoxy) is 1. The van der Waals surface area contributed by atoms with Gasteiger partial charge in [-0.1, -0.05) is 19.8 Å². The van der Waals surface area contributed by atoms with Crippen molar-refractivity contribution in [1.29, 1.82) is 0 Å². The summed E-state index contributed by atoms with van der Waals surface area (Å²) in [5.41, 5.74) is 0. The zero-order chi connectivity index (χ0) is 14.5. The Balaban J connectivity index is 1.75. The number of carbonyl (C=O) groups is 2. The summed E-state index contributed by atoms with van der Waals surface area (Å²) in [5.74, 6) is -0.601. The van der Waals surface area contributed by atoms with Gasteiger partial charge in [0.2, 0.25) is 5.91 Å². The van der Waals surface area contributed by atoms with Crippen LogP contribution in [0.2, 0.25) is 0 Å². The van der Waals surface area contributed by atoms with Gasteiger partial charge in [0, 0.05) is 13.1 Å². The van der Waals surface area contributed by atoms with Crippen LogP contribution < -0.4 is 0 Å². The Morgan fingerprint density at radius 1 is 1.25 bits per heavy atom. The third-order valence-electron chi connectivity index (χ3n) is 4.45. The lowest BCUT2D eigenvalue weighted by atomic mass is 9.89. The van der Waals surface area contributed by atoms with Gasteiger partial charge in [-0.2, -0.15) is 0 Å². The molecule has 1 aliphatic carbocycles. The van der Waals surface area contributed by atoms with Crippen LogP contribution in [-0.2, 0) is 14.3 Å². The first-order chi connectivity index (χ1) is 9.56. The van der Waals surface area contributed by atoms with E-state index in [1.54, 1.807) is 4.90 Å². The average molecular weight is 283 g/mol. The number of hydrogen-bond acceptors (Lipinski definition) is 3. The molecule has 114 valence electrons. The van der Waals surface area contributed by atoms with E-state index in [0.717, 1.165) is 19.3 Å². The molecule has 2 aliphatic rings. The molecule has 1 heterocycles. The Labute approximate surface area is 120 Å². The molecule has 0 spiro atoms. The van der Waals surface area contributed by atoms with Crippen LogP contribution in [-0.4, -0.2) is 47.7 Å². The Hall–Kier alpha value is -1.10. The number of nitrogens with zero attached hydrogens (tertiary/aromatic N) is 1. The molecule has 20 heavy (non-hydrogen) atoms. The van der Waals surface area contributed by atoms with E-state index in [4.69, 9.17) is 9.84 Å². The molecule has 0 aromatic carbocycles. The molecular weight excluding hydrogens is 258 g/mol. The van der Waals surface area contributed by atoms with E-state index in [0.29, 0.717) is 25.4 Å². The second-order valence-corrected chi connectivity index (χ2v) is 6.22. The summed E-state index contributed by atoms with van der Waals surface area (Å²) >= 11 is 0. The number of carboxylic acid groups (broad SMARTS) is 1. The van der Waals surface area contributed by atoms with Crippen molar-refractivity contribution in [2.75, 3.05) is 19.7 Å². The molecule has 1 N–H and O–H groups in total. The molecule has 1 saturated carbocycles. The number of likely N-dealkylation sites (tertiary alicyclic amines) is 1. The largest absolute Gasteiger partial charge is 0.481 e. The van der Waals surface area contributed by atoms with Crippen LogP contribution in [0.15, 0.2) is 0 Å². The van der Waals surface area contributed by atoms with E-state index < -0.39 is 11.9 Å². The molecule has 3 atom stereocenters. The maximum atomic E-state index is 12.1. The van der Waals surface area contributed by atoms with E-state index >= 15 is 0 Å². The maximum absolute atomic E-state index is 12.1. The highest BCUT2D eigenvalue weighted by Crippen LogP contribution is 2.25. The average Bonchev–Trinajstić information content (AvgIpc) is 2.45. The van der Waals surface area contributed by atoms with Crippen molar-refractivity contribution in [3.05, 3.63) is 0 Å². The van der Waals surface area contributed by atoms with Crippen molar-refractivity contribution in [2.45, 2.75) is 51.6 Å². The number of hydrogen-bond donors (Lipinski definition) is 1. The number of carbonyl (C=O) groups excluding carboxylic acids is 1. The predicted molar refractivity (Wildman–Crippen MR) is 74.3 cm³/mol. The summed E-state index contributed by atoms with van der Waals surface area (Å²) in [7, 11) is 0. The second kappa shape index (κ2) is 7.07. The van der Waals surface area contributed by atoms with Gasteiger partial charge in [0.1, 0.15) is 6.61 Å². The third kappa shape index (κ3) is 4.20. The summed E-state index contributed by atoms with van der Waals surface area (Å²) in [6.07, 6.45) is 6.12. The molecule has 2 rings (SSSR count). The van der Waals surface area contributed by atoms with Gasteiger partial charge in [-0.25, -0.2) is 0 Å². The molecule has 5 heteroatoms. The molecule has 0 aromatic rings. The lowest BCUT2D eigenvalue weighted by molar-refractivity contribution is -0.148. The van der Waals surface area contributed by atoms with Crippen molar-refractivity contribution in [2.24, 2.45) is 11.8 Å². The molecule has 1 aliphatic heterocycles. The van der Waals surface area contributed by atoms with Gasteiger partial charge in [-0.3, -0.25) is 9.59 Å². The van der Waals surface area contributed by atoms with Gasteiger partial charge in [-0.05, 0) is 31.6 Å². The summed E-state index contributed by atoms with van der Waals surface area (Å²) in [4.78, 5) is 24.7. The van der Waals surface area contributed by atoms with Crippen LogP contribution >= 0.6 is 0 Å². The quantitative estimate of drug-likeness (QED) is 0.855. The Bertz CT molecular complexity index is 358. The summed E-state index contributed by atoms with van der Waals surface area (Å²) in [5, 5.41) is 9.03. The van der Waals surface area contributed by atoms with Crippen LogP contribution in [0.25, 0.3) is 0 Å². The van der Waals surface area contributed by atoms with Gasteiger partial charge in [0.05, 0.1) is 12.0 Å². The number of amides is 1. The van der Waals surface area contributed by atoms with Gasteiger partial charge in [-0.15, -0.1) is 0 Å². The zero-order valence-corrected chi connectivity index (χ0v) is 12.2. The first-order valence-corrected chi connectivity index (χ1v) is 7.68. The first-order valence-electron chi connectivity index (χ1n) is 7.68. The van der Waals surface area contributed by atoms with Gasteiger partial charge >= 0.3 is 5.97 Å². The molecule has 1 saturated heterocycles. The first kappa shape index (κ1) is 15.3. The van der Waals surface area contributed by atoms with E-state index in [9.17, 15) is 9.59 Å². The number of carboxylic acids is 1. The molecule has 0 bridgehead atoms. The number of rotatable bonds is 4. The molecule has 3 unspecified atom stereocenters. The SMILES string of the molecule is CC1CCCC(OCC(=O)N2CCCC(C(=O)O)C2)C1. The lowest BCUT2D eigenvalue weighted by Gasteiger charge is -2.32. The van der Waals surface area contributed by atoms with Crippen molar-refractivity contribution in [1.82, 2.24) is 4.90 Å². The fourth-order valence-electron chi connectivity index (χ4n) is 3.22. The highest BCUT2D eigenvalue weighted by molar-refractivity contribution is 5.79. The van der Waals surface area contributed by atoms with Crippen LogP contribution in [0.3, 0.4) is 0 Å². The Morgan fingerprint density at radius 3 is 2.75 bits per heavy atom. The predicted octanol–water partition coefficient (Wildman–Crippen LogP) is 1.90. The summed E-state index contributed by atoms with van der Waals surface area (Å²) in [6, 6.07) is 0. The van der Waals surface area contributed by atoms with Gasteiger partial charge < -0.3 is 14.7 Å². The molecule has 0 radical (unpaired) electrons. The van der Waals surface area contributed by atoms with E-state index in [-0.39, 0.29) is 18.6 Å². The van der Waals surface area contributed by atoms with Crippen LogP contribution in [0.1, 0.15) is 45.4 Å². The van der Waals surface area contributed by atoms with E-state index in [1.165, 1.54) is 12.8 Å². The molecule has 0 aromatic heterocycles. The second-order valence-electron chi connectivity index (χ2n) is 6.22. The van der Waals surface area contributed by atoms with Gasteiger partial charge in [0.25, 0.3) is 0 Å². The molecule has 5 nitrogen and oxygen atoms in total. The normalized spacial score (nSPS) is 31.1. The summed E-state index contributed by atoms with van der Waals surface area (Å²) < 4.78 is 5.73. The van der Waals surface area contributed by atoms with Crippen molar-refractivity contribution >= 4 is 11.9 Å². The third-order valence-corrected chi connectivity index (χ3v) is 4.45. The topological polar surface area (TPSA) is 66.8 Å². The number of aliphatic carboxylic acids is 1. The highest BCUT2D eigenvalue weighted by atomic mass is 16.5. The van der Waals surface area contributed by atoms with Crippen molar-refractivity contribution < 1.29 is 19.4 Å². The minimum atomic E-state index is -0.801. The van der Waals surface area contributed by atoms with Crippen LogP contribution in [0.5, 0.6) is 0 Å². The minimum absolute atomic E-state index is 0.0609.